The third kappa shape index (κ3) is 2.38. The number of para-hydroxylation sites is 1. The smallest absolute Gasteiger partial charge is 0.250 e. The van der Waals surface area contributed by atoms with Gasteiger partial charge in [0, 0.05) is 37.6 Å². The van der Waals surface area contributed by atoms with Crippen molar-refractivity contribution < 1.29 is 19.1 Å². The van der Waals surface area contributed by atoms with E-state index in [1.54, 1.807) is 7.11 Å². The first-order valence-corrected chi connectivity index (χ1v) is 9.46. The van der Waals surface area contributed by atoms with Gasteiger partial charge in [-0.05, 0) is 18.4 Å². The highest BCUT2D eigenvalue weighted by atomic mass is 16.5. The van der Waals surface area contributed by atoms with E-state index in [0.717, 1.165) is 5.56 Å². The SMILES string of the molecule is COCCCN1C(=O)[C@H]2[C@@H](C1=O)[C@@]1(N[C@H]2C(C)C)C(=O)Nc2ccccc21. The predicted molar refractivity (Wildman–Crippen MR) is 98.7 cm³/mol. The molecule has 2 saturated heterocycles. The van der Waals surface area contributed by atoms with Crippen LogP contribution in [0.15, 0.2) is 24.3 Å². The van der Waals surface area contributed by atoms with Gasteiger partial charge in [-0.3, -0.25) is 24.6 Å². The Labute approximate surface area is 158 Å². The zero-order valence-electron chi connectivity index (χ0n) is 15.8. The number of likely N-dealkylation sites (tertiary alicyclic amines) is 1. The van der Waals surface area contributed by atoms with E-state index >= 15 is 0 Å². The fraction of sp³-hybridized carbons (Fsp3) is 0.550. The van der Waals surface area contributed by atoms with Crippen molar-refractivity contribution in [2.24, 2.45) is 17.8 Å². The number of benzene rings is 1. The maximum absolute atomic E-state index is 13.3. The summed E-state index contributed by atoms with van der Waals surface area (Å²) in [5, 5.41) is 6.32. The number of carbonyl (C=O) groups is 3. The van der Waals surface area contributed by atoms with Crippen LogP contribution in [-0.2, 0) is 24.7 Å². The third-order valence-electron chi connectivity index (χ3n) is 6.10. The van der Waals surface area contributed by atoms with E-state index in [2.05, 4.69) is 10.6 Å². The Bertz CT molecular complexity index is 808. The van der Waals surface area contributed by atoms with Gasteiger partial charge in [0.1, 0.15) is 5.54 Å². The molecule has 0 aliphatic carbocycles. The number of carbonyl (C=O) groups excluding carboxylic acids is 3. The summed E-state index contributed by atoms with van der Waals surface area (Å²) in [6, 6.07) is 7.17. The summed E-state index contributed by atoms with van der Waals surface area (Å²) in [6.07, 6.45) is 0.586. The first-order chi connectivity index (χ1) is 12.9. The molecule has 3 amide bonds. The Morgan fingerprint density at radius 1 is 1.19 bits per heavy atom. The van der Waals surface area contributed by atoms with Crippen LogP contribution < -0.4 is 10.6 Å². The van der Waals surface area contributed by atoms with Crippen LogP contribution in [0.5, 0.6) is 0 Å². The highest BCUT2D eigenvalue weighted by Crippen LogP contribution is 2.53. The number of fused-ring (bicyclic) bond motifs is 4. The molecule has 1 aromatic carbocycles. The minimum atomic E-state index is -1.18. The Morgan fingerprint density at radius 2 is 1.93 bits per heavy atom. The molecule has 0 unspecified atom stereocenters. The van der Waals surface area contributed by atoms with Crippen LogP contribution in [0.2, 0.25) is 0 Å². The van der Waals surface area contributed by atoms with Gasteiger partial charge in [0.05, 0.1) is 11.8 Å². The molecule has 144 valence electrons. The summed E-state index contributed by atoms with van der Waals surface area (Å²) >= 11 is 0. The lowest BCUT2D eigenvalue weighted by atomic mass is 9.76. The number of nitrogens with zero attached hydrogens (tertiary/aromatic N) is 1. The Kier molecular flexibility index (Phi) is 4.31. The van der Waals surface area contributed by atoms with E-state index in [4.69, 9.17) is 4.74 Å². The summed E-state index contributed by atoms with van der Waals surface area (Å²) in [7, 11) is 1.59. The second-order valence-electron chi connectivity index (χ2n) is 7.90. The lowest BCUT2D eigenvalue weighted by molar-refractivity contribution is -0.143. The Hall–Kier alpha value is -2.25. The molecule has 7 nitrogen and oxygen atoms in total. The number of ether oxygens (including phenoxy) is 1. The average molecular weight is 371 g/mol. The molecular weight excluding hydrogens is 346 g/mol. The molecule has 3 heterocycles. The van der Waals surface area contributed by atoms with E-state index in [9.17, 15) is 14.4 Å². The molecule has 7 heteroatoms. The van der Waals surface area contributed by atoms with Gasteiger partial charge in [-0.15, -0.1) is 0 Å². The van der Waals surface area contributed by atoms with Gasteiger partial charge in [-0.2, -0.15) is 0 Å². The molecular formula is C20H25N3O4. The lowest BCUT2D eigenvalue weighted by Crippen LogP contribution is -2.54. The number of methoxy groups -OCH3 is 1. The summed E-state index contributed by atoms with van der Waals surface area (Å²) in [5.74, 6) is -1.83. The average Bonchev–Trinajstić information content (AvgIpc) is 3.22. The van der Waals surface area contributed by atoms with Crippen LogP contribution in [0.3, 0.4) is 0 Å². The number of hydrogen-bond donors (Lipinski definition) is 2. The lowest BCUT2D eigenvalue weighted by Gasteiger charge is -2.30. The monoisotopic (exact) mass is 371 g/mol. The molecule has 2 N–H and O–H groups in total. The van der Waals surface area contributed by atoms with Gasteiger partial charge in [0.2, 0.25) is 17.7 Å². The van der Waals surface area contributed by atoms with E-state index in [1.807, 2.05) is 38.1 Å². The number of amides is 3. The van der Waals surface area contributed by atoms with Crippen molar-refractivity contribution >= 4 is 23.4 Å². The summed E-state index contributed by atoms with van der Waals surface area (Å²) in [4.78, 5) is 40.9. The number of anilines is 1. The van der Waals surface area contributed by atoms with E-state index in [0.29, 0.717) is 25.3 Å². The first-order valence-electron chi connectivity index (χ1n) is 9.46. The van der Waals surface area contributed by atoms with Gasteiger partial charge < -0.3 is 10.1 Å². The second kappa shape index (κ2) is 6.42. The molecule has 0 bridgehead atoms. The van der Waals surface area contributed by atoms with Crippen LogP contribution in [-0.4, -0.2) is 48.9 Å². The van der Waals surface area contributed by atoms with Crippen LogP contribution in [0, 0.1) is 17.8 Å². The molecule has 4 rings (SSSR count). The largest absolute Gasteiger partial charge is 0.385 e. The van der Waals surface area contributed by atoms with Gasteiger partial charge in [-0.1, -0.05) is 32.0 Å². The molecule has 0 saturated carbocycles. The molecule has 2 fully saturated rings. The topological polar surface area (TPSA) is 87.7 Å². The third-order valence-corrected chi connectivity index (χ3v) is 6.10. The first kappa shape index (κ1) is 18.1. The van der Waals surface area contributed by atoms with Gasteiger partial charge in [0.25, 0.3) is 0 Å². The molecule has 0 aromatic heterocycles. The van der Waals surface area contributed by atoms with Gasteiger partial charge in [0.15, 0.2) is 0 Å². The van der Waals surface area contributed by atoms with E-state index in [-0.39, 0.29) is 29.7 Å². The van der Waals surface area contributed by atoms with Crippen LogP contribution in [0.4, 0.5) is 5.69 Å². The van der Waals surface area contributed by atoms with Crippen molar-refractivity contribution in [3.63, 3.8) is 0 Å². The summed E-state index contributed by atoms with van der Waals surface area (Å²) in [5.41, 5.74) is 0.281. The summed E-state index contributed by atoms with van der Waals surface area (Å²) < 4.78 is 5.06. The molecule has 4 atom stereocenters. The van der Waals surface area contributed by atoms with Crippen LogP contribution in [0.1, 0.15) is 25.8 Å². The highest BCUT2D eigenvalue weighted by Gasteiger charge is 2.70. The van der Waals surface area contributed by atoms with E-state index in [1.165, 1.54) is 4.90 Å². The van der Waals surface area contributed by atoms with Crippen molar-refractivity contribution in [3.05, 3.63) is 29.8 Å². The normalized spacial score (nSPS) is 31.8. The predicted octanol–water partition coefficient (Wildman–Crippen LogP) is 1.10. The van der Waals surface area contributed by atoms with Gasteiger partial charge in [-0.25, -0.2) is 0 Å². The fourth-order valence-electron chi connectivity index (χ4n) is 4.91. The van der Waals surface area contributed by atoms with Gasteiger partial charge >= 0.3 is 0 Å². The number of imide groups is 1. The van der Waals surface area contributed by atoms with Crippen molar-refractivity contribution in [2.45, 2.75) is 31.8 Å². The fourth-order valence-corrected chi connectivity index (χ4v) is 4.91. The number of rotatable bonds is 5. The standard InChI is InChI=1S/C20H25N3O4/c1-11(2)16-14-15(18(25)23(17(14)24)9-6-10-27-3)20(22-16)12-7-4-5-8-13(12)21-19(20)26/h4-5,7-8,11,14-16,22H,6,9-10H2,1-3H3,(H,21,26)/t14-,15-,16-,20+/m0/s1. The molecule has 3 aliphatic heterocycles. The van der Waals surface area contributed by atoms with Crippen molar-refractivity contribution in [1.29, 1.82) is 0 Å². The van der Waals surface area contributed by atoms with Crippen LogP contribution >= 0.6 is 0 Å². The summed E-state index contributed by atoms with van der Waals surface area (Å²) in [6.45, 7) is 4.82. The minimum Gasteiger partial charge on any atom is -0.385 e. The zero-order chi connectivity index (χ0) is 19.3. The quantitative estimate of drug-likeness (QED) is 0.598. The molecule has 0 radical (unpaired) electrons. The number of nitrogens with one attached hydrogen (secondary N) is 2. The molecule has 1 aromatic rings. The minimum absolute atomic E-state index is 0.105. The van der Waals surface area contributed by atoms with Crippen molar-refractivity contribution in [3.8, 4) is 0 Å². The van der Waals surface area contributed by atoms with Crippen molar-refractivity contribution in [2.75, 3.05) is 25.6 Å². The maximum atomic E-state index is 13.3. The Morgan fingerprint density at radius 3 is 2.63 bits per heavy atom. The molecule has 3 aliphatic rings. The Balaban J connectivity index is 1.79. The second-order valence-corrected chi connectivity index (χ2v) is 7.90. The zero-order valence-corrected chi connectivity index (χ0v) is 15.8. The van der Waals surface area contributed by atoms with Crippen LogP contribution in [0.25, 0.3) is 0 Å². The van der Waals surface area contributed by atoms with Crippen molar-refractivity contribution in [1.82, 2.24) is 10.2 Å². The highest BCUT2D eigenvalue weighted by molar-refractivity contribution is 6.15. The maximum Gasteiger partial charge on any atom is 0.250 e. The molecule has 1 spiro atoms. The number of hydrogen-bond acceptors (Lipinski definition) is 5. The molecule has 27 heavy (non-hydrogen) atoms. The van der Waals surface area contributed by atoms with E-state index < -0.39 is 17.4 Å².